The fourth-order valence-corrected chi connectivity index (χ4v) is 18.1. The summed E-state index contributed by atoms with van der Waals surface area (Å²) in [4.78, 5) is 148. The van der Waals surface area contributed by atoms with E-state index in [2.05, 4.69) is 45.9 Å². The first kappa shape index (κ1) is 108. The first-order valence-electron chi connectivity index (χ1n) is 44.9. The van der Waals surface area contributed by atoms with Crippen LogP contribution < -0.4 is 44.4 Å². The molecule has 135 heavy (non-hydrogen) atoms. The van der Waals surface area contributed by atoms with Crippen LogP contribution in [0.2, 0.25) is 0 Å². The quantitative estimate of drug-likeness (QED) is 0.0687. The summed E-state index contributed by atoms with van der Waals surface area (Å²) in [5.41, 5.74) is -3.61. The predicted molar refractivity (Wildman–Crippen MR) is 463 cm³/mol. The Morgan fingerprint density at radius 3 is 1.08 bits per heavy atom. The number of hydrogen-bond donors (Lipinski definition) is 3. The van der Waals surface area contributed by atoms with E-state index in [0.717, 1.165) is 6.42 Å². The molecule has 3 aromatic heterocycles. The molecule has 3 aliphatic carbocycles. The van der Waals surface area contributed by atoms with Gasteiger partial charge in [0.2, 0.25) is 35.4 Å². The Morgan fingerprint density at radius 2 is 0.756 bits per heavy atom. The van der Waals surface area contributed by atoms with E-state index in [1.54, 1.807) is 112 Å². The maximum absolute atomic E-state index is 15.9. The first-order valence-corrected chi connectivity index (χ1v) is 44.9. The second kappa shape index (κ2) is 44.0. The minimum Gasteiger partial charge on any atom is -0.540 e. The zero-order chi connectivity index (χ0) is 95.6. The van der Waals surface area contributed by atoms with E-state index in [9.17, 15) is 43.2 Å². The van der Waals surface area contributed by atoms with Gasteiger partial charge >= 0.3 is 18.3 Å². The van der Waals surface area contributed by atoms with E-state index >= 15 is 26.3 Å². The van der Waals surface area contributed by atoms with Crippen LogP contribution in [0.15, 0.2) is 54.6 Å². The van der Waals surface area contributed by atoms with Crippen molar-refractivity contribution in [1.29, 1.82) is 0 Å². The van der Waals surface area contributed by atoms with Crippen molar-refractivity contribution in [3.8, 4) is 34.9 Å². The number of carbonyl (C=O) groups excluding carboxylic acids is 9. The van der Waals surface area contributed by atoms with Crippen LogP contribution in [0.5, 0.6) is 34.9 Å². The van der Waals surface area contributed by atoms with E-state index in [0.29, 0.717) is 62.2 Å². The number of alkyl carbamates (subject to hydrolysis) is 3. The molecule has 6 aliphatic heterocycles. The molecule has 6 aromatic rings. The van der Waals surface area contributed by atoms with Crippen molar-refractivity contribution in [2.75, 3.05) is 80.6 Å². The molecule has 15 rings (SSSR count). The molecule has 3 saturated carbocycles. The van der Waals surface area contributed by atoms with Crippen LogP contribution in [-0.2, 0) is 131 Å². The zero-order valence-corrected chi connectivity index (χ0v) is 82.6. The molecule has 3 aromatic carbocycles. The van der Waals surface area contributed by atoms with Crippen LogP contribution in [-0.4, -0.2) is 252 Å². The number of rotatable bonds is 9. The van der Waals surface area contributed by atoms with Crippen LogP contribution in [0.3, 0.4) is 0 Å². The Hall–Kier alpha value is -9.08. The standard InChI is InChI=1S/C32H41F2N4O7.C31H39F2N4O7.C30H37F2N4O7.3V/c1-6-20-23(16-39)38-15-25(20)44-28-26(35-21-11-10-19(42-5)14-22(21)36-28)32(33,34)12-13-43-17-18-8-7-9-24(18)45-30(41)37-27(29(38)40)31(2,3)4;1-7-19-22(15-38)37-14-23(19)43-26-24(34-20-9-8-18(41-6)12-21(20)35-26)31(32,33)10-11-42-16-17-13-30(17,5)44-28(40)36-25(27(37)39)29(2,3)4;1-6-18-21(14-37)36-13-23(18)42-26-24(33-19-8-7-17(40-5)12-20(19)34-26)30(31,32)9-10-41-15-16-11-22(16)43-28(39)35-25(27(36)38)29(2,3)4;;;/h10-11,14,18,20,23-25,27H,6-9,12-13,15,17H2,1-5H3,(H,37,41);8-9,12,17,19,22-23,25H,7,10-11,13-14,16H2,1-6H3,(H,36,40);7-8,12,16,18,21-23,25H,6,9-11,13,15H2,1-5H3,(H,35,39);;;/q3*-1;;;/t18-,20-,23+,24+,25-,27+;17-,19-,22+,23-,25+,30+;16-,18-,21+,22+,23-,25+;;;/m000.../s1. The molecule has 6 bridgehead atoms. The van der Waals surface area contributed by atoms with Gasteiger partial charge in [0.1, 0.15) is 71.5 Å². The molecule has 9 heterocycles. The monoisotopic (exact) mass is 2000 g/mol. The van der Waals surface area contributed by atoms with E-state index < -0.39 is 214 Å². The van der Waals surface area contributed by atoms with Gasteiger partial charge in [-0.15, -0.1) is 0 Å². The van der Waals surface area contributed by atoms with Gasteiger partial charge in [-0.1, -0.05) is 120 Å². The summed E-state index contributed by atoms with van der Waals surface area (Å²) in [6, 6.07) is 7.84. The number of carbonyl (C=O) groups is 6. The third-order valence-corrected chi connectivity index (χ3v) is 26.2. The Kier molecular flexibility index (Phi) is 35.1. The van der Waals surface area contributed by atoms with Gasteiger partial charge in [0.25, 0.3) is 17.8 Å². The molecule has 33 nitrogen and oxygen atoms in total. The maximum atomic E-state index is 15.9. The number of halogens is 6. The molecule has 3 radical (unpaired) electrons. The van der Waals surface area contributed by atoms with Gasteiger partial charge in [-0.25, -0.2) is 63.1 Å². The molecular weight excluding hydrogens is 1890 g/mol. The van der Waals surface area contributed by atoms with Crippen molar-refractivity contribution >= 4 is 88.0 Å². The van der Waals surface area contributed by atoms with Crippen LogP contribution in [0.4, 0.5) is 40.7 Å². The summed E-state index contributed by atoms with van der Waals surface area (Å²) >= 11 is 0. The molecule has 9 aliphatic rings. The number of nitrogens with one attached hydrogen (secondary N) is 3. The maximum Gasteiger partial charge on any atom is 0.408 e. The number of methoxy groups -OCH3 is 3. The molecular formula is C93H117F6N12O21V3-3. The molecule has 3 N–H and O–H groups in total. The van der Waals surface area contributed by atoms with Crippen molar-refractivity contribution in [3.05, 3.63) is 71.7 Å². The topological polar surface area (TPSA) is 388 Å². The number of alkyl halides is 6. The Bertz CT molecular complexity index is 5260. The van der Waals surface area contributed by atoms with Gasteiger partial charge in [-0.05, 0) is 109 Å². The van der Waals surface area contributed by atoms with Gasteiger partial charge < -0.3 is 102 Å². The number of ether oxygens (including phenoxy) is 12. The van der Waals surface area contributed by atoms with Crippen molar-refractivity contribution < 1.29 is 182 Å². The largest absolute Gasteiger partial charge is 0.540 e. The van der Waals surface area contributed by atoms with Gasteiger partial charge in [0, 0.05) is 111 Å². The molecule has 0 spiro atoms. The van der Waals surface area contributed by atoms with Gasteiger partial charge in [-0.2, -0.15) is 26.3 Å². The predicted octanol–water partition coefficient (Wildman–Crippen LogP) is 12.5. The van der Waals surface area contributed by atoms with Crippen LogP contribution in [0, 0.1) is 51.8 Å². The fourth-order valence-electron chi connectivity index (χ4n) is 18.1. The van der Waals surface area contributed by atoms with Crippen LogP contribution in [0.1, 0.15) is 178 Å². The smallest absolute Gasteiger partial charge is 0.408 e. The minimum atomic E-state index is -3.49. The van der Waals surface area contributed by atoms with Crippen LogP contribution in [0.25, 0.3) is 33.1 Å². The van der Waals surface area contributed by atoms with Gasteiger partial charge in [0.15, 0.2) is 17.1 Å². The molecule has 735 valence electrons. The number of aromatic nitrogens is 6. The van der Waals surface area contributed by atoms with E-state index in [1.165, 1.54) is 48.2 Å². The number of fused-ring (bicyclic) bond motifs is 15. The van der Waals surface area contributed by atoms with E-state index in [1.807, 2.05) is 39.6 Å². The molecule has 0 unspecified atom stereocenters. The summed E-state index contributed by atoms with van der Waals surface area (Å²) in [7, 11) is 4.43. The number of amides is 6. The van der Waals surface area contributed by atoms with E-state index in [4.69, 9.17) is 56.8 Å². The van der Waals surface area contributed by atoms with Crippen molar-refractivity contribution in [1.82, 2.24) is 60.6 Å². The number of nitrogens with zero attached hydrogens (tertiary/aromatic N) is 9. The summed E-state index contributed by atoms with van der Waals surface area (Å²) < 4.78 is 163. The SMILES string of the molecule is CC[C@@H]1[C@@H]2CN(C(=O)[C@H](C(C)(C)C)NC(=O)O[C@@H]3CCC[C@H]3COCCC(F)(F)c3nc4ccc(OC)cc4nc3O2)[C@@H]1[C-]=O.CC[C@@H]1[C@@H]2CN(C(=O)[C@H](C(C)(C)C)NC(=O)O[C@@H]3C[C@H]3COCCC(F)(F)c3nc4ccc(OC)cc4nc3O2)[C@@H]1[C-]=O.CC[C@@H]1[C@@H]2CN(C(=O)[C@H](C(C)(C)C)NC(=O)O[C@]3(C)C[C@H]3COCCC(F)(F)c3nc4ccc(OC)cc4nc3O2)[C@@H]1[C-]=O.[V].[V].[V]. The molecule has 6 amide bonds. The Balaban J connectivity index is 0.000000207. The second-order valence-electron chi connectivity index (χ2n) is 38.6. The fraction of sp³-hybridized carbons (Fsp3) is 0.645. The second-order valence-corrected chi connectivity index (χ2v) is 38.6. The summed E-state index contributed by atoms with van der Waals surface area (Å²) in [6.07, 6.45) is 2.09. The van der Waals surface area contributed by atoms with Crippen LogP contribution >= 0.6 is 0 Å². The van der Waals surface area contributed by atoms with Gasteiger partial charge in [0.05, 0.1) is 114 Å². The van der Waals surface area contributed by atoms with Gasteiger partial charge in [-0.3, -0.25) is 14.4 Å². The summed E-state index contributed by atoms with van der Waals surface area (Å²) in [5.74, 6) is -14.2. The molecule has 18 atom stereocenters. The Labute approximate surface area is 815 Å². The third kappa shape index (κ3) is 24.4. The molecule has 6 fully saturated rings. The summed E-state index contributed by atoms with van der Waals surface area (Å²) in [5, 5.41) is 8.15. The van der Waals surface area contributed by atoms with E-state index in [-0.39, 0.29) is 166 Å². The summed E-state index contributed by atoms with van der Waals surface area (Å²) in [6.45, 7) is 22.4. The third-order valence-electron chi connectivity index (χ3n) is 26.2. The number of benzene rings is 3. The van der Waals surface area contributed by atoms with Crippen molar-refractivity contribution in [2.45, 2.75) is 251 Å². The average molecular weight is 2010 g/mol. The van der Waals surface area contributed by atoms with Crippen molar-refractivity contribution in [3.63, 3.8) is 0 Å². The first-order chi connectivity index (χ1) is 62.4. The zero-order valence-electron chi connectivity index (χ0n) is 78.4. The minimum absolute atomic E-state index is 0. The number of hydrogen-bond acceptors (Lipinski definition) is 27. The molecule has 3 saturated heterocycles. The van der Waals surface area contributed by atoms with Crippen molar-refractivity contribution in [2.24, 2.45) is 51.8 Å². The molecule has 42 heteroatoms. The average Bonchev–Trinajstić information content (AvgIpc) is 1.67. The normalized spacial score (nSPS) is 29.4. The Morgan fingerprint density at radius 1 is 0.430 bits per heavy atom.